The molecule has 0 bridgehead atoms. The number of esters is 3. The smallest absolute Gasteiger partial charge is 0.306 e. The van der Waals surface area contributed by atoms with E-state index in [0.29, 0.717) is 19.3 Å². The van der Waals surface area contributed by atoms with E-state index in [4.69, 9.17) is 14.2 Å². The van der Waals surface area contributed by atoms with Gasteiger partial charge in [-0.3, -0.25) is 14.4 Å². The van der Waals surface area contributed by atoms with Crippen molar-refractivity contribution in [1.29, 1.82) is 0 Å². The number of hydrogen-bond donors (Lipinski definition) is 0. The summed E-state index contributed by atoms with van der Waals surface area (Å²) in [4.78, 5) is 38.2. The fraction of sp³-hybridized carbons (Fsp3) is 0.729. The summed E-state index contributed by atoms with van der Waals surface area (Å²) in [6, 6.07) is 0. The van der Waals surface area contributed by atoms with Crippen LogP contribution in [0.4, 0.5) is 0 Å². The molecular weight excluding hydrogens is 937 g/mol. The summed E-state index contributed by atoms with van der Waals surface area (Å²) in [5, 5.41) is 0. The average Bonchev–Trinajstić information content (AvgIpc) is 3.42. The standard InChI is InChI=1S/C70H120O6/c1-4-7-10-13-16-19-22-24-26-28-30-31-32-33-34-35-36-37-38-39-41-42-44-46-48-51-54-57-60-63-69(72)75-66-67(65-74-68(71)62-59-56-53-50-21-18-15-12-9-6-3)76-70(73)64-61-58-55-52-49-47-45-43-40-29-27-25-23-20-17-14-11-8-5-2/h8,11-12,15,17,20,22,24-25,27-28,30,32-33,40,43,67H,4-7,9-10,13-14,16,18-19,21,23,26,29,31,34-39,41-42,44-66H2,1-3H3/b11-8-,15-12-,20-17-,24-22-,27-25-,30-28-,33-32-,43-40-. The minimum absolute atomic E-state index is 0.0856. The topological polar surface area (TPSA) is 78.9 Å². The lowest BCUT2D eigenvalue weighted by Crippen LogP contribution is -2.30. The van der Waals surface area contributed by atoms with Crippen molar-refractivity contribution < 1.29 is 28.6 Å². The molecule has 0 saturated carbocycles. The van der Waals surface area contributed by atoms with Gasteiger partial charge >= 0.3 is 17.9 Å². The Kier molecular flexibility index (Phi) is 60.8. The van der Waals surface area contributed by atoms with Gasteiger partial charge in [-0.15, -0.1) is 0 Å². The number of rotatable bonds is 58. The number of allylic oxidation sites excluding steroid dienone is 16. The molecule has 0 aliphatic carbocycles. The zero-order chi connectivity index (χ0) is 55.0. The molecule has 0 aromatic carbocycles. The Hall–Kier alpha value is -3.67. The van der Waals surface area contributed by atoms with Crippen molar-refractivity contribution in [2.24, 2.45) is 0 Å². The highest BCUT2D eigenvalue weighted by Gasteiger charge is 2.19. The van der Waals surface area contributed by atoms with Gasteiger partial charge in [0.15, 0.2) is 6.10 Å². The summed E-state index contributed by atoms with van der Waals surface area (Å²) >= 11 is 0. The minimum Gasteiger partial charge on any atom is -0.462 e. The summed E-state index contributed by atoms with van der Waals surface area (Å²) in [7, 11) is 0. The van der Waals surface area contributed by atoms with E-state index < -0.39 is 6.10 Å². The summed E-state index contributed by atoms with van der Waals surface area (Å²) in [6.45, 7) is 6.45. The molecule has 0 amide bonds. The molecule has 0 aromatic rings. The Morgan fingerprint density at radius 2 is 0.539 bits per heavy atom. The molecule has 436 valence electrons. The molecule has 0 spiro atoms. The first-order valence-corrected chi connectivity index (χ1v) is 32.2. The molecule has 0 rings (SSSR count). The van der Waals surface area contributed by atoms with Crippen molar-refractivity contribution in [1.82, 2.24) is 0 Å². The van der Waals surface area contributed by atoms with Crippen molar-refractivity contribution in [2.45, 2.75) is 316 Å². The lowest BCUT2D eigenvalue weighted by Gasteiger charge is -2.18. The maximum Gasteiger partial charge on any atom is 0.306 e. The summed E-state index contributed by atoms with van der Waals surface area (Å²) < 4.78 is 16.9. The molecule has 0 aromatic heterocycles. The second-order valence-corrected chi connectivity index (χ2v) is 21.3. The molecule has 0 fully saturated rings. The van der Waals surface area contributed by atoms with Crippen molar-refractivity contribution in [2.75, 3.05) is 13.2 Å². The van der Waals surface area contributed by atoms with Gasteiger partial charge < -0.3 is 14.2 Å². The van der Waals surface area contributed by atoms with Gasteiger partial charge in [0.1, 0.15) is 13.2 Å². The van der Waals surface area contributed by atoms with Crippen LogP contribution >= 0.6 is 0 Å². The quantitative estimate of drug-likeness (QED) is 0.0261. The summed E-state index contributed by atoms with van der Waals surface area (Å²) in [5.74, 6) is -0.904. The van der Waals surface area contributed by atoms with Gasteiger partial charge in [-0.25, -0.2) is 0 Å². The number of unbranched alkanes of at least 4 members (excludes halogenated alkanes) is 31. The van der Waals surface area contributed by atoms with E-state index >= 15 is 0 Å². The van der Waals surface area contributed by atoms with Gasteiger partial charge in [-0.2, -0.15) is 0 Å². The monoisotopic (exact) mass is 1060 g/mol. The second kappa shape index (κ2) is 63.9. The molecule has 0 saturated heterocycles. The SMILES string of the molecule is CC/C=C\C/C=C\C/C=C\C/C=C\CCCCCCCCC(=O)OC(COC(=O)CCCCCCC/C=C\CCC)COC(=O)CCCCCCCCCCCCCCCC/C=C\C/C=C\C/C=C\CCCCCCC. The van der Waals surface area contributed by atoms with Crippen LogP contribution in [0.5, 0.6) is 0 Å². The number of carbonyl (C=O) groups is 3. The van der Waals surface area contributed by atoms with Crippen LogP contribution in [0, 0.1) is 0 Å². The van der Waals surface area contributed by atoms with E-state index in [-0.39, 0.29) is 31.1 Å². The number of carbonyl (C=O) groups excluding carboxylic acids is 3. The van der Waals surface area contributed by atoms with Gasteiger partial charge in [0.2, 0.25) is 0 Å². The third-order valence-corrected chi connectivity index (χ3v) is 13.8. The van der Waals surface area contributed by atoms with Crippen LogP contribution in [-0.4, -0.2) is 37.2 Å². The fourth-order valence-electron chi connectivity index (χ4n) is 8.97. The zero-order valence-corrected chi connectivity index (χ0v) is 50.0. The van der Waals surface area contributed by atoms with Crippen LogP contribution < -0.4 is 0 Å². The molecular formula is C70H120O6. The van der Waals surface area contributed by atoms with E-state index in [2.05, 4.69) is 118 Å². The molecule has 0 radical (unpaired) electrons. The average molecular weight is 1060 g/mol. The molecule has 76 heavy (non-hydrogen) atoms. The lowest BCUT2D eigenvalue weighted by atomic mass is 10.0. The van der Waals surface area contributed by atoms with E-state index in [1.807, 2.05) is 0 Å². The van der Waals surface area contributed by atoms with Crippen molar-refractivity contribution in [3.05, 3.63) is 97.2 Å². The molecule has 6 nitrogen and oxygen atoms in total. The van der Waals surface area contributed by atoms with E-state index in [1.54, 1.807) is 0 Å². The van der Waals surface area contributed by atoms with Gasteiger partial charge in [-0.05, 0) is 116 Å². The first-order valence-electron chi connectivity index (χ1n) is 32.2. The van der Waals surface area contributed by atoms with Crippen LogP contribution in [0.3, 0.4) is 0 Å². The Bertz CT molecular complexity index is 1490. The fourth-order valence-corrected chi connectivity index (χ4v) is 8.97. The summed E-state index contributed by atoms with van der Waals surface area (Å²) in [5.41, 5.74) is 0. The molecule has 0 aliphatic heterocycles. The van der Waals surface area contributed by atoms with E-state index in [1.165, 1.54) is 148 Å². The predicted molar refractivity (Wildman–Crippen MR) is 330 cm³/mol. The lowest BCUT2D eigenvalue weighted by molar-refractivity contribution is -0.167. The van der Waals surface area contributed by atoms with Crippen LogP contribution in [0.15, 0.2) is 97.2 Å². The predicted octanol–water partition coefficient (Wildman–Crippen LogP) is 22.0. The van der Waals surface area contributed by atoms with E-state index in [9.17, 15) is 14.4 Å². The van der Waals surface area contributed by atoms with Crippen LogP contribution in [0.2, 0.25) is 0 Å². The maximum atomic E-state index is 12.9. The number of hydrogen-bond acceptors (Lipinski definition) is 6. The minimum atomic E-state index is -0.789. The highest BCUT2D eigenvalue weighted by Crippen LogP contribution is 2.16. The zero-order valence-electron chi connectivity index (χ0n) is 50.0. The third kappa shape index (κ3) is 61.2. The van der Waals surface area contributed by atoms with Crippen LogP contribution in [0.25, 0.3) is 0 Å². The second-order valence-electron chi connectivity index (χ2n) is 21.3. The van der Waals surface area contributed by atoms with Gasteiger partial charge in [0.25, 0.3) is 0 Å². The molecule has 0 N–H and O–H groups in total. The van der Waals surface area contributed by atoms with Crippen molar-refractivity contribution in [3.8, 4) is 0 Å². The third-order valence-electron chi connectivity index (χ3n) is 13.8. The van der Waals surface area contributed by atoms with Crippen LogP contribution in [-0.2, 0) is 28.6 Å². The van der Waals surface area contributed by atoms with Gasteiger partial charge in [-0.1, -0.05) is 272 Å². The van der Waals surface area contributed by atoms with E-state index in [0.717, 1.165) is 122 Å². The van der Waals surface area contributed by atoms with Gasteiger partial charge in [0, 0.05) is 19.3 Å². The highest BCUT2D eigenvalue weighted by molar-refractivity contribution is 5.71. The van der Waals surface area contributed by atoms with Crippen molar-refractivity contribution >= 4 is 17.9 Å². The molecule has 0 aliphatic rings. The first kappa shape index (κ1) is 72.3. The molecule has 0 heterocycles. The molecule has 1 atom stereocenters. The Labute approximate surface area is 470 Å². The Morgan fingerprint density at radius 1 is 0.276 bits per heavy atom. The first-order chi connectivity index (χ1) is 37.5. The molecule has 6 heteroatoms. The summed E-state index contributed by atoms with van der Waals surface area (Å²) in [6.07, 6.45) is 85.7. The Balaban J connectivity index is 4.21. The van der Waals surface area contributed by atoms with Crippen LogP contribution in [0.1, 0.15) is 310 Å². The maximum absolute atomic E-state index is 12.9. The number of ether oxygens (including phenoxy) is 3. The largest absolute Gasteiger partial charge is 0.462 e. The highest BCUT2D eigenvalue weighted by atomic mass is 16.6. The van der Waals surface area contributed by atoms with Crippen molar-refractivity contribution in [3.63, 3.8) is 0 Å². The van der Waals surface area contributed by atoms with Gasteiger partial charge in [0.05, 0.1) is 0 Å². The molecule has 1 unspecified atom stereocenters. The normalized spacial score (nSPS) is 12.7. The Morgan fingerprint density at radius 3 is 0.868 bits per heavy atom.